The standard InChI is InChI=1S/C9H11NO.CH4/c11-9-2-1-8-6-10-4-3-7(8)5-9;/h1-2,5,10-11H,3-4,6H2;1H4. The van der Waals surface area contributed by atoms with Gasteiger partial charge in [0.15, 0.2) is 0 Å². The molecule has 1 aliphatic heterocycles. The molecule has 2 N–H and O–H groups in total. The van der Waals surface area contributed by atoms with Crippen molar-refractivity contribution in [1.29, 1.82) is 0 Å². The van der Waals surface area contributed by atoms with Crippen LogP contribution in [0, 0.1) is 0 Å². The molecule has 0 saturated heterocycles. The summed E-state index contributed by atoms with van der Waals surface area (Å²) < 4.78 is 0. The molecule has 1 aromatic rings. The average molecular weight is 165 g/mol. The van der Waals surface area contributed by atoms with Gasteiger partial charge in [-0.1, -0.05) is 13.5 Å². The molecule has 0 aromatic heterocycles. The molecule has 1 aromatic carbocycles. The molecular formula is C10H15NO. The second kappa shape index (κ2) is 3.59. The summed E-state index contributed by atoms with van der Waals surface area (Å²) in [7, 11) is 0. The van der Waals surface area contributed by atoms with Crippen LogP contribution in [0.1, 0.15) is 18.6 Å². The fourth-order valence-corrected chi connectivity index (χ4v) is 1.46. The average Bonchev–Trinajstić information content (AvgIpc) is 2.04. The summed E-state index contributed by atoms with van der Waals surface area (Å²) in [4.78, 5) is 0. The molecule has 0 saturated carbocycles. The van der Waals surface area contributed by atoms with Crippen molar-refractivity contribution in [2.24, 2.45) is 0 Å². The number of fused-ring (bicyclic) bond motifs is 1. The van der Waals surface area contributed by atoms with Crippen molar-refractivity contribution in [2.75, 3.05) is 6.54 Å². The predicted molar refractivity (Wildman–Crippen MR) is 50.2 cm³/mol. The quantitative estimate of drug-likeness (QED) is 0.613. The number of phenols is 1. The minimum absolute atomic E-state index is 0. The highest BCUT2D eigenvalue weighted by Crippen LogP contribution is 2.18. The van der Waals surface area contributed by atoms with Gasteiger partial charge in [0.05, 0.1) is 0 Å². The van der Waals surface area contributed by atoms with Crippen LogP contribution in [0.25, 0.3) is 0 Å². The van der Waals surface area contributed by atoms with Gasteiger partial charge in [0.1, 0.15) is 5.75 Å². The van der Waals surface area contributed by atoms with E-state index in [9.17, 15) is 0 Å². The summed E-state index contributed by atoms with van der Waals surface area (Å²) in [5, 5.41) is 12.4. The molecule has 2 heteroatoms. The fraction of sp³-hybridized carbons (Fsp3) is 0.400. The molecule has 0 atom stereocenters. The summed E-state index contributed by atoms with van der Waals surface area (Å²) in [5.74, 6) is 0.380. The first-order valence-electron chi connectivity index (χ1n) is 3.88. The van der Waals surface area contributed by atoms with Gasteiger partial charge in [0.2, 0.25) is 0 Å². The van der Waals surface area contributed by atoms with Crippen LogP contribution in [0.3, 0.4) is 0 Å². The minimum Gasteiger partial charge on any atom is -0.508 e. The first kappa shape index (κ1) is 9.07. The summed E-state index contributed by atoms with van der Waals surface area (Å²) in [5.41, 5.74) is 2.60. The first-order chi connectivity index (χ1) is 5.36. The molecule has 66 valence electrons. The van der Waals surface area contributed by atoms with E-state index in [1.165, 1.54) is 11.1 Å². The Bertz CT molecular complexity index is 271. The number of hydrogen-bond acceptors (Lipinski definition) is 2. The molecule has 0 fully saturated rings. The third kappa shape index (κ3) is 1.59. The first-order valence-corrected chi connectivity index (χ1v) is 3.88. The Hall–Kier alpha value is -1.02. The molecule has 1 aliphatic rings. The highest BCUT2D eigenvalue weighted by atomic mass is 16.3. The largest absolute Gasteiger partial charge is 0.508 e. The Balaban J connectivity index is 0.000000720. The van der Waals surface area contributed by atoms with E-state index in [2.05, 4.69) is 5.32 Å². The Morgan fingerprint density at radius 2 is 2.08 bits per heavy atom. The van der Waals surface area contributed by atoms with Gasteiger partial charge in [0.25, 0.3) is 0 Å². The SMILES string of the molecule is C.Oc1ccc2c(c1)CCNC2. The van der Waals surface area contributed by atoms with E-state index in [-0.39, 0.29) is 7.43 Å². The Kier molecular flexibility index (Phi) is 2.71. The van der Waals surface area contributed by atoms with Crippen LogP contribution >= 0.6 is 0 Å². The normalized spacial score (nSPS) is 14.7. The molecule has 0 bridgehead atoms. The zero-order chi connectivity index (χ0) is 7.68. The van der Waals surface area contributed by atoms with E-state index in [1.54, 1.807) is 6.07 Å². The number of benzene rings is 1. The van der Waals surface area contributed by atoms with Gasteiger partial charge in [-0.3, -0.25) is 0 Å². The van der Waals surface area contributed by atoms with Gasteiger partial charge in [-0.15, -0.1) is 0 Å². The van der Waals surface area contributed by atoms with E-state index in [1.807, 2.05) is 12.1 Å². The number of hydrogen-bond donors (Lipinski definition) is 2. The van der Waals surface area contributed by atoms with E-state index < -0.39 is 0 Å². The van der Waals surface area contributed by atoms with Crippen LogP contribution in [0.4, 0.5) is 0 Å². The van der Waals surface area contributed by atoms with Gasteiger partial charge in [-0.2, -0.15) is 0 Å². The van der Waals surface area contributed by atoms with Gasteiger partial charge >= 0.3 is 0 Å². The maximum atomic E-state index is 9.17. The van der Waals surface area contributed by atoms with Crippen molar-refractivity contribution in [3.05, 3.63) is 29.3 Å². The molecule has 12 heavy (non-hydrogen) atoms. The van der Waals surface area contributed by atoms with E-state index >= 15 is 0 Å². The van der Waals surface area contributed by atoms with Gasteiger partial charge < -0.3 is 10.4 Å². The van der Waals surface area contributed by atoms with E-state index in [4.69, 9.17) is 5.11 Å². The molecule has 0 radical (unpaired) electrons. The zero-order valence-electron chi connectivity index (χ0n) is 6.30. The molecule has 0 spiro atoms. The molecule has 2 rings (SSSR count). The van der Waals surface area contributed by atoms with Gasteiger partial charge in [-0.05, 0) is 36.2 Å². The maximum Gasteiger partial charge on any atom is 0.115 e. The lowest BCUT2D eigenvalue weighted by molar-refractivity contribution is 0.473. The molecule has 1 heterocycles. The van der Waals surface area contributed by atoms with Crippen molar-refractivity contribution in [3.8, 4) is 5.75 Å². The number of rotatable bonds is 0. The second-order valence-corrected chi connectivity index (χ2v) is 2.88. The Labute approximate surface area is 73.2 Å². The summed E-state index contributed by atoms with van der Waals surface area (Å²) in [6, 6.07) is 5.58. The third-order valence-electron chi connectivity index (χ3n) is 2.08. The maximum absolute atomic E-state index is 9.17. The summed E-state index contributed by atoms with van der Waals surface area (Å²) in [6.07, 6.45) is 1.03. The Morgan fingerprint density at radius 3 is 2.92 bits per heavy atom. The lowest BCUT2D eigenvalue weighted by Crippen LogP contribution is -2.23. The topological polar surface area (TPSA) is 32.3 Å². The van der Waals surface area contributed by atoms with E-state index in [0.717, 1.165) is 19.5 Å². The predicted octanol–water partition coefficient (Wildman–Crippen LogP) is 1.67. The monoisotopic (exact) mass is 165 g/mol. The Morgan fingerprint density at radius 1 is 1.25 bits per heavy atom. The highest BCUT2D eigenvalue weighted by molar-refractivity contribution is 5.36. The van der Waals surface area contributed by atoms with Crippen LogP contribution in [0.15, 0.2) is 18.2 Å². The fourth-order valence-electron chi connectivity index (χ4n) is 1.46. The van der Waals surface area contributed by atoms with Gasteiger partial charge in [-0.25, -0.2) is 0 Å². The van der Waals surface area contributed by atoms with Crippen LogP contribution in [-0.4, -0.2) is 11.7 Å². The highest BCUT2D eigenvalue weighted by Gasteiger charge is 2.07. The van der Waals surface area contributed by atoms with Crippen molar-refractivity contribution in [2.45, 2.75) is 20.4 Å². The molecule has 0 aliphatic carbocycles. The van der Waals surface area contributed by atoms with Crippen molar-refractivity contribution in [3.63, 3.8) is 0 Å². The second-order valence-electron chi connectivity index (χ2n) is 2.88. The molecule has 2 nitrogen and oxygen atoms in total. The molecule has 0 unspecified atom stereocenters. The van der Waals surface area contributed by atoms with Crippen molar-refractivity contribution in [1.82, 2.24) is 5.32 Å². The van der Waals surface area contributed by atoms with E-state index in [0.29, 0.717) is 5.75 Å². The molecular weight excluding hydrogens is 150 g/mol. The van der Waals surface area contributed by atoms with Crippen LogP contribution in [0.5, 0.6) is 5.75 Å². The van der Waals surface area contributed by atoms with Crippen LogP contribution < -0.4 is 5.32 Å². The van der Waals surface area contributed by atoms with Gasteiger partial charge in [0, 0.05) is 6.54 Å². The lowest BCUT2D eigenvalue weighted by Gasteiger charge is -2.16. The summed E-state index contributed by atoms with van der Waals surface area (Å²) in [6.45, 7) is 1.96. The van der Waals surface area contributed by atoms with Crippen molar-refractivity contribution < 1.29 is 5.11 Å². The number of aromatic hydroxyl groups is 1. The van der Waals surface area contributed by atoms with Crippen LogP contribution in [-0.2, 0) is 13.0 Å². The smallest absolute Gasteiger partial charge is 0.115 e. The number of phenolic OH excluding ortho intramolecular Hbond substituents is 1. The third-order valence-corrected chi connectivity index (χ3v) is 2.08. The zero-order valence-corrected chi connectivity index (χ0v) is 6.30. The van der Waals surface area contributed by atoms with Crippen LogP contribution in [0.2, 0.25) is 0 Å². The summed E-state index contributed by atoms with van der Waals surface area (Å²) >= 11 is 0. The lowest BCUT2D eigenvalue weighted by atomic mass is 10.0. The molecule has 0 amide bonds. The van der Waals surface area contributed by atoms with Crippen molar-refractivity contribution >= 4 is 0 Å². The minimum atomic E-state index is 0. The number of nitrogens with one attached hydrogen (secondary N) is 1.